The summed E-state index contributed by atoms with van der Waals surface area (Å²) in [5.41, 5.74) is 2.73. The van der Waals surface area contributed by atoms with Crippen molar-refractivity contribution in [1.82, 2.24) is 4.98 Å². The number of para-hydroxylation sites is 2. The van der Waals surface area contributed by atoms with Gasteiger partial charge in [-0.15, -0.1) is 0 Å². The Morgan fingerprint density at radius 1 is 1.17 bits per heavy atom. The van der Waals surface area contributed by atoms with Gasteiger partial charge in [0.15, 0.2) is 11.5 Å². The summed E-state index contributed by atoms with van der Waals surface area (Å²) in [5.74, 6) is 1.73. The van der Waals surface area contributed by atoms with Crippen molar-refractivity contribution in [2.45, 2.75) is 0 Å². The Morgan fingerprint density at radius 3 is 2.96 bits per heavy atom. The van der Waals surface area contributed by atoms with Gasteiger partial charge in [0, 0.05) is 6.08 Å². The van der Waals surface area contributed by atoms with Crippen molar-refractivity contribution in [3.05, 3.63) is 54.1 Å². The van der Waals surface area contributed by atoms with Crippen molar-refractivity contribution in [2.75, 3.05) is 12.1 Å². The molecule has 3 N–H and O–H groups in total. The number of nitrogens with one attached hydrogen (secondary N) is 3. The minimum Gasteiger partial charge on any atom is -0.454 e. The van der Waals surface area contributed by atoms with Crippen molar-refractivity contribution >= 4 is 29.0 Å². The summed E-state index contributed by atoms with van der Waals surface area (Å²) >= 11 is 0. The Labute approximate surface area is 131 Å². The number of imidazole rings is 1. The summed E-state index contributed by atoms with van der Waals surface area (Å²) < 4.78 is 10.6. The number of anilines is 1. The number of H-pyrrole nitrogens is 2. The zero-order valence-corrected chi connectivity index (χ0v) is 12.1. The van der Waals surface area contributed by atoms with E-state index >= 15 is 0 Å². The van der Waals surface area contributed by atoms with Crippen molar-refractivity contribution in [3.8, 4) is 11.5 Å². The minimum atomic E-state index is -0.231. The fraction of sp³-hybridized carbons (Fsp3) is 0.0588. The van der Waals surface area contributed by atoms with Crippen LogP contribution in [0, 0.1) is 0 Å². The molecule has 1 aromatic heterocycles. The quantitative estimate of drug-likeness (QED) is 0.729. The number of fused-ring (bicyclic) bond motifs is 2. The van der Waals surface area contributed by atoms with E-state index in [0.717, 1.165) is 22.3 Å². The molecule has 0 atom stereocenters. The average Bonchev–Trinajstić information content (AvgIpc) is 3.18. The van der Waals surface area contributed by atoms with Gasteiger partial charge in [-0.25, -0.2) is 15.3 Å². The van der Waals surface area contributed by atoms with E-state index in [1.165, 1.54) is 6.08 Å². The van der Waals surface area contributed by atoms with Gasteiger partial charge < -0.3 is 9.47 Å². The first-order chi connectivity index (χ1) is 11.3. The van der Waals surface area contributed by atoms with Crippen LogP contribution in [0.4, 0.5) is 5.95 Å². The standard InChI is InChI=1S/C17H13N3O3/c21-16(20-17-18-12-3-1-2-4-13(12)19-17)8-6-11-5-7-14-15(9-11)23-10-22-14/h1-9H,10H2,(H2,18,19,20,21)/p+1. The van der Waals surface area contributed by atoms with Gasteiger partial charge in [0.25, 0.3) is 0 Å². The monoisotopic (exact) mass is 308 g/mol. The maximum atomic E-state index is 12.0. The van der Waals surface area contributed by atoms with Gasteiger partial charge in [0.1, 0.15) is 11.0 Å². The van der Waals surface area contributed by atoms with E-state index in [2.05, 4.69) is 15.3 Å². The smallest absolute Gasteiger partial charge is 0.361 e. The molecule has 0 aliphatic carbocycles. The van der Waals surface area contributed by atoms with Crippen molar-refractivity contribution in [2.24, 2.45) is 0 Å². The van der Waals surface area contributed by atoms with E-state index in [1.54, 1.807) is 6.08 Å². The normalized spacial score (nSPS) is 12.9. The third-order valence-corrected chi connectivity index (χ3v) is 3.52. The van der Waals surface area contributed by atoms with Crippen LogP contribution in [-0.4, -0.2) is 17.7 Å². The van der Waals surface area contributed by atoms with Crippen LogP contribution in [0.5, 0.6) is 11.5 Å². The first-order valence-electron chi connectivity index (χ1n) is 7.17. The Morgan fingerprint density at radius 2 is 2.04 bits per heavy atom. The molecule has 0 spiro atoms. The summed E-state index contributed by atoms with van der Waals surface area (Å²) in [4.78, 5) is 18.2. The molecule has 4 rings (SSSR count). The molecule has 1 aliphatic rings. The highest BCUT2D eigenvalue weighted by atomic mass is 16.7. The molecule has 0 saturated carbocycles. The molecule has 114 valence electrons. The van der Waals surface area contributed by atoms with Crippen LogP contribution < -0.4 is 19.8 Å². The van der Waals surface area contributed by atoms with Crippen LogP contribution in [-0.2, 0) is 4.79 Å². The van der Waals surface area contributed by atoms with E-state index in [1.807, 2.05) is 42.5 Å². The van der Waals surface area contributed by atoms with Gasteiger partial charge in [-0.05, 0) is 35.9 Å². The number of benzene rings is 2. The lowest BCUT2D eigenvalue weighted by molar-refractivity contribution is -0.326. The van der Waals surface area contributed by atoms with E-state index in [0.29, 0.717) is 11.7 Å². The predicted octanol–water partition coefficient (Wildman–Crippen LogP) is 2.36. The molecule has 1 aliphatic heterocycles. The van der Waals surface area contributed by atoms with Gasteiger partial charge in [-0.1, -0.05) is 18.2 Å². The largest absolute Gasteiger partial charge is 0.454 e. The zero-order valence-electron chi connectivity index (χ0n) is 12.1. The molecule has 0 saturated heterocycles. The highest BCUT2D eigenvalue weighted by molar-refractivity contribution is 6.01. The number of amides is 1. The van der Waals surface area contributed by atoms with Gasteiger partial charge >= 0.3 is 11.9 Å². The first-order valence-corrected chi connectivity index (χ1v) is 7.17. The lowest BCUT2D eigenvalue weighted by Crippen LogP contribution is -2.15. The molecule has 0 bridgehead atoms. The van der Waals surface area contributed by atoms with Crippen LogP contribution in [0.2, 0.25) is 0 Å². The topological polar surface area (TPSA) is 77.5 Å². The van der Waals surface area contributed by atoms with E-state index in [-0.39, 0.29) is 12.7 Å². The number of carbonyl (C=O) groups is 1. The van der Waals surface area contributed by atoms with Crippen LogP contribution >= 0.6 is 0 Å². The molecule has 1 amide bonds. The van der Waals surface area contributed by atoms with Crippen LogP contribution in [0.3, 0.4) is 0 Å². The Hall–Kier alpha value is -3.28. The predicted molar refractivity (Wildman–Crippen MR) is 85.1 cm³/mol. The van der Waals surface area contributed by atoms with Gasteiger partial charge in [0.2, 0.25) is 6.79 Å². The summed E-state index contributed by atoms with van der Waals surface area (Å²) in [6, 6.07) is 13.3. The zero-order chi connectivity index (χ0) is 15.6. The molecule has 6 nitrogen and oxygen atoms in total. The number of rotatable bonds is 3. The van der Waals surface area contributed by atoms with Crippen molar-refractivity contribution < 1.29 is 19.3 Å². The molecule has 0 radical (unpaired) electrons. The molecule has 0 fully saturated rings. The second kappa shape index (κ2) is 5.49. The van der Waals surface area contributed by atoms with Gasteiger partial charge in [0.05, 0.1) is 0 Å². The van der Waals surface area contributed by atoms with E-state index in [4.69, 9.17) is 9.47 Å². The molecular formula is C17H14N3O3+. The summed E-state index contributed by atoms with van der Waals surface area (Å²) in [6.07, 6.45) is 3.19. The lowest BCUT2D eigenvalue weighted by Gasteiger charge is -1.97. The first kappa shape index (κ1) is 13.4. The van der Waals surface area contributed by atoms with Gasteiger partial charge in [-0.2, -0.15) is 0 Å². The molecular weight excluding hydrogens is 294 g/mol. The SMILES string of the molecule is O=C(C=Cc1ccc2c(c1)OCO2)Nc1[nH]c2ccccc2[nH+]1. The number of hydrogen-bond acceptors (Lipinski definition) is 3. The minimum absolute atomic E-state index is 0.231. The van der Waals surface area contributed by atoms with Crippen LogP contribution in [0.1, 0.15) is 5.56 Å². The maximum absolute atomic E-state index is 12.0. The number of aromatic nitrogens is 2. The Bertz CT molecular complexity index is 881. The van der Waals surface area contributed by atoms with E-state index in [9.17, 15) is 4.79 Å². The molecule has 2 aromatic carbocycles. The summed E-state index contributed by atoms with van der Waals surface area (Å²) in [7, 11) is 0. The average molecular weight is 308 g/mol. The second-order valence-electron chi connectivity index (χ2n) is 5.11. The number of aromatic amines is 2. The molecule has 0 unspecified atom stereocenters. The third-order valence-electron chi connectivity index (χ3n) is 3.52. The molecule has 2 heterocycles. The highest BCUT2D eigenvalue weighted by Gasteiger charge is 2.13. The Kier molecular flexibility index (Phi) is 3.20. The highest BCUT2D eigenvalue weighted by Crippen LogP contribution is 2.32. The van der Waals surface area contributed by atoms with Gasteiger partial charge in [-0.3, -0.25) is 4.79 Å². The van der Waals surface area contributed by atoms with Crippen molar-refractivity contribution in [3.63, 3.8) is 0 Å². The molecule has 3 aromatic rings. The maximum Gasteiger partial charge on any atom is 0.361 e. The summed E-state index contributed by atoms with van der Waals surface area (Å²) in [5, 5.41) is 2.76. The third kappa shape index (κ3) is 2.74. The fourth-order valence-electron chi connectivity index (χ4n) is 2.42. The molecule has 6 heteroatoms. The van der Waals surface area contributed by atoms with Crippen LogP contribution in [0.25, 0.3) is 17.1 Å². The van der Waals surface area contributed by atoms with Crippen LogP contribution in [0.15, 0.2) is 48.5 Å². The van der Waals surface area contributed by atoms with E-state index < -0.39 is 0 Å². The fourth-order valence-corrected chi connectivity index (χ4v) is 2.42. The second-order valence-corrected chi connectivity index (χ2v) is 5.11. The number of hydrogen-bond donors (Lipinski definition) is 2. The number of ether oxygens (including phenoxy) is 2. The Balaban J connectivity index is 1.47. The molecule has 23 heavy (non-hydrogen) atoms. The van der Waals surface area contributed by atoms with Crippen molar-refractivity contribution in [1.29, 1.82) is 0 Å². The lowest BCUT2D eigenvalue weighted by atomic mass is 10.2. The summed E-state index contributed by atoms with van der Waals surface area (Å²) in [6.45, 7) is 0.235. The number of carbonyl (C=O) groups excluding carboxylic acids is 1.